The third-order valence-corrected chi connectivity index (χ3v) is 9.72. The summed E-state index contributed by atoms with van der Waals surface area (Å²) < 4.78 is 55.8. The highest BCUT2D eigenvalue weighted by molar-refractivity contribution is 7.91. The van der Waals surface area contributed by atoms with Crippen LogP contribution >= 0.6 is 0 Å². The average Bonchev–Trinajstić information content (AvgIpc) is 3.39. The van der Waals surface area contributed by atoms with E-state index in [1.165, 1.54) is 18.2 Å². The number of carbonyl (C=O) groups is 1. The Balaban J connectivity index is 1.65. The van der Waals surface area contributed by atoms with E-state index < -0.39 is 32.4 Å². The van der Waals surface area contributed by atoms with Crippen molar-refractivity contribution in [3.8, 4) is 11.3 Å². The van der Waals surface area contributed by atoms with Crippen LogP contribution < -0.4 is 0 Å². The molecule has 37 heavy (non-hydrogen) atoms. The molecule has 0 saturated heterocycles. The number of hydrogen-bond donors (Lipinski definition) is 0. The molecule has 1 amide bonds. The van der Waals surface area contributed by atoms with Crippen LogP contribution in [0.15, 0.2) is 87.6 Å². The van der Waals surface area contributed by atoms with Gasteiger partial charge in [0, 0.05) is 5.56 Å². The number of fused-ring (bicyclic) bond motifs is 1. The van der Waals surface area contributed by atoms with E-state index in [0.29, 0.717) is 15.4 Å². The molecule has 3 aromatic carbocycles. The Morgan fingerprint density at radius 3 is 2.24 bits per heavy atom. The van der Waals surface area contributed by atoms with E-state index in [-0.39, 0.29) is 32.0 Å². The highest BCUT2D eigenvalue weighted by atomic mass is 32.2. The van der Waals surface area contributed by atoms with E-state index in [4.69, 9.17) is 0 Å². The smallest absolute Gasteiger partial charge is 0.268 e. The molecule has 2 heterocycles. The lowest BCUT2D eigenvalue weighted by molar-refractivity contribution is 0.0838. The van der Waals surface area contributed by atoms with Crippen LogP contribution in [0.2, 0.25) is 0 Å². The Hall–Kier alpha value is -3.83. The fourth-order valence-electron chi connectivity index (χ4n) is 4.36. The van der Waals surface area contributed by atoms with Gasteiger partial charge in [-0.1, -0.05) is 79.2 Å². The summed E-state index contributed by atoms with van der Waals surface area (Å²) in [4.78, 5) is 13.4. The first-order valence-electron chi connectivity index (χ1n) is 11.5. The van der Waals surface area contributed by atoms with Crippen LogP contribution in [0.5, 0.6) is 0 Å². The first-order chi connectivity index (χ1) is 17.5. The fraction of sp³-hybridized carbons (Fsp3) is 0.192. The minimum atomic E-state index is -4.19. The Bertz CT molecular complexity index is 1730. The molecular formula is C26H24N4O5S2. The van der Waals surface area contributed by atoms with Crippen molar-refractivity contribution in [3.63, 3.8) is 0 Å². The highest BCUT2D eigenvalue weighted by Crippen LogP contribution is 2.37. The third kappa shape index (κ3) is 4.04. The lowest BCUT2D eigenvalue weighted by atomic mass is 9.97. The molecule has 0 bridgehead atoms. The predicted molar refractivity (Wildman–Crippen MR) is 136 cm³/mol. The van der Waals surface area contributed by atoms with Gasteiger partial charge in [-0.25, -0.2) is 25.8 Å². The Morgan fingerprint density at radius 1 is 0.919 bits per heavy atom. The predicted octanol–water partition coefficient (Wildman–Crippen LogP) is 4.01. The van der Waals surface area contributed by atoms with Crippen molar-refractivity contribution in [3.05, 3.63) is 89.5 Å². The first kappa shape index (κ1) is 24.8. The van der Waals surface area contributed by atoms with Crippen LogP contribution in [-0.2, 0) is 26.5 Å². The Labute approximate surface area is 215 Å². The summed E-state index contributed by atoms with van der Waals surface area (Å²) in [6.07, 6.45) is 0. The standard InChI is InChI=1S/C26H24N4O5S2/c1-17(2)21-10-7-11-22-23(21)26(31)30(37(22,34)35)16-29-24(19-8-5-4-6-9-19)25(27-28-29)36(32,33)20-14-12-18(3)13-15-20/h4-15,17H,16H2,1-3H3. The average molecular weight is 537 g/mol. The molecule has 1 aliphatic heterocycles. The molecule has 5 rings (SSSR count). The number of sulfonamides is 1. The van der Waals surface area contributed by atoms with Crippen LogP contribution in [0.3, 0.4) is 0 Å². The number of nitrogens with zero attached hydrogens (tertiary/aromatic N) is 4. The van der Waals surface area contributed by atoms with Crippen molar-refractivity contribution in [2.45, 2.75) is 48.2 Å². The second-order valence-corrected chi connectivity index (χ2v) is 12.8. The molecule has 11 heteroatoms. The molecular weight excluding hydrogens is 512 g/mol. The van der Waals surface area contributed by atoms with Gasteiger partial charge in [0.1, 0.15) is 17.3 Å². The number of benzene rings is 3. The van der Waals surface area contributed by atoms with E-state index in [0.717, 1.165) is 10.2 Å². The zero-order valence-corrected chi connectivity index (χ0v) is 22.0. The zero-order valence-electron chi connectivity index (χ0n) is 20.4. The van der Waals surface area contributed by atoms with Crippen molar-refractivity contribution in [1.82, 2.24) is 19.3 Å². The number of carbonyl (C=O) groups excluding carboxylic acids is 1. The van der Waals surface area contributed by atoms with Gasteiger partial charge in [-0.2, -0.15) is 0 Å². The second kappa shape index (κ2) is 8.93. The largest absolute Gasteiger partial charge is 0.270 e. The van der Waals surface area contributed by atoms with Crippen molar-refractivity contribution in [2.75, 3.05) is 0 Å². The van der Waals surface area contributed by atoms with E-state index in [9.17, 15) is 21.6 Å². The number of sulfone groups is 1. The molecule has 0 saturated carbocycles. The Morgan fingerprint density at radius 2 is 1.59 bits per heavy atom. The van der Waals surface area contributed by atoms with Gasteiger partial charge in [-0.3, -0.25) is 4.79 Å². The quantitative estimate of drug-likeness (QED) is 0.365. The molecule has 190 valence electrons. The van der Waals surface area contributed by atoms with Crippen LogP contribution in [0.4, 0.5) is 0 Å². The summed E-state index contributed by atoms with van der Waals surface area (Å²) in [5.41, 5.74) is 2.19. The first-order valence-corrected chi connectivity index (χ1v) is 14.5. The molecule has 0 spiro atoms. The van der Waals surface area contributed by atoms with Crippen molar-refractivity contribution < 1.29 is 21.6 Å². The number of aromatic nitrogens is 3. The van der Waals surface area contributed by atoms with Crippen LogP contribution in [-0.4, -0.2) is 42.0 Å². The molecule has 0 fully saturated rings. The van der Waals surface area contributed by atoms with Gasteiger partial charge in [0.05, 0.1) is 10.5 Å². The zero-order chi connectivity index (χ0) is 26.5. The van der Waals surface area contributed by atoms with E-state index in [1.807, 2.05) is 20.8 Å². The molecule has 9 nitrogen and oxygen atoms in total. The van der Waals surface area contributed by atoms with Crippen LogP contribution in [0.25, 0.3) is 11.3 Å². The van der Waals surface area contributed by atoms with E-state index in [2.05, 4.69) is 10.3 Å². The summed E-state index contributed by atoms with van der Waals surface area (Å²) in [5.74, 6) is -0.761. The molecule has 0 N–H and O–H groups in total. The monoisotopic (exact) mass is 536 g/mol. The number of hydrogen-bond acceptors (Lipinski definition) is 7. The van der Waals surface area contributed by atoms with Gasteiger partial charge in [0.25, 0.3) is 15.9 Å². The van der Waals surface area contributed by atoms with Crippen molar-refractivity contribution in [1.29, 1.82) is 0 Å². The summed E-state index contributed by atoms with van der Waals surface area (Å²) in [6.45, 7) is 5.07. The molecule has 4 aromatic rings. The van der Waals surface area contributed by atoms with Crippen LogP contribution in [0.1, 0.15) is 41.3 Å². The van der Waals surface area contributed by atoms with Gasteiger partial charge < -0.3 is 0 Å². The number of aryl methyl sites for hydroxylation is 1. The highest BCUT2D eigenvalue weighted by Gasteiger charge is 2.44. The number of rotatable bonds is 6. The minimum Gasteiger partial charge on any atom is -0.268 e. The fourth-order valence-corrected chi connectivity index (χ4v) is 7.22. The van der Waals surface area contributed by atoms with Gasteiger partial charge >= 0.3 is 0 Å². The lowest BCUT2D eigenvalue weighted by Gasteiger charge is -2.17. The normalized spacial score (nSPS) is 14.8. The number of amides is 1. The Kier molecular flexibility index (Phi) is 5.99. The molecule has 1 aliphatic rings. The van der Waals surface area contributed by atoms with Crippen LogP contribution in [0, 0.1) is 6.92 Å². The molecule has 0 radical (unpaired) electrons. The van der Waals surface area contributed by atoms with Gasteiger partial charge in [0.15, 0.2) is 0 Å². The summed E-state index contributed by atoms with van der Waals surface area (Å²) in [7, 11) is -8.29. The molecule has 0 unspecified atom stereocenters. The maximum atomic E-state index is 13.6. The summed E-state index contributed by atoms with van der Waals surface area (Å²) in [6, 6.07) is 19.6. The molecule has 0 atom stereocenters. The molecule has 0 aliphatic carbocycles. The SMILES string of the molecule is Cc1ccc(S(=O)(=O)c2nnn(CN3C(=O)c4c(C(C)C)cccc4S3(=O)=O)c2-c2ccccc2)cc1. The minimum absolute atomic E-state index is 0.0289. The maximum Gasteiger partial charge on any atom is 0.270 e. The summed E-state index contributed by atoms with van der Waals surface area (Å²) >= 11 is 0. The van der Waals surface area contributed by atoms with Gasteiger partial charge in [0.2, 0.25) is 14.9 Å². The third-order valence-electron chi connectivity index (χ3n) is 6.29. The maximum absolute atomic E-state index is 13.6. The van der Waals surface area contributed by atoms with E-state index >= 15 is 0 Å². The van der Waals surface area contributed by atoms with E-state index in [1.54, 1.807) is 54.6 Å². The van der Waals surface area contributed by atoms with Gasteiger partial charge in [-0.15, -0.1) is 5.10 Å². The molecule has 1 aromatic heterocycles. The topological polar surface area (TPSA) is 119 Å². The lowest BCUT2D eigenvalue weighted by Crippen LogP contribution is -2.33. The van der Waals surface area contributed by atoms with Crippen molar-refractivity contribution in [2.24, 2.45) is 0 Å². The van der Waals surface area contributed by atoms with Crippen molar-refractivity contribution >= 4 is 25.8 Å². The second-order valence-electron chi connectivity index (χ2n) is 9.10. The van der Waals surface area contributed by atoms with Gasteiger partial charge in [-0.05, 0) is 36.6 Å². The summed E-state index contributed by atoms with van der Waals surface area (Å²) in [5, 5.41) is 7.65.